The van der Waals surface area contributed by atoms with Crippen molar-refractivity contribution in [1.29, 1.82) is 0 Å². The van der Waals surface area contributed by atoms with Crippen molar-refractivity contribution in [3.05, 3.63) is 119 Å². The normalized spacial score (nSPS) is 14.7. The van der Waals surface area contributed by atoms with Crippen molar-refractivity contribution in [1.82, 2.24) is 0 Å². The van der Waals surface area contributed by atoms with Crippen LogP contribution in [0.5, 0.6) is 5.75 Å². The average Bonchev–Trinajstić information content (AvgIpc) is 3.23. The van der Waals surface area contributed by atoms with Gasteiger partial charge >= 0.3 is 5.97 Å². The Morgan fingerprint density at radius 2 is 1.60 bits per heavy atom. The number of carbonyl (C=O) groups excluding carboxylic acids is 1. The molecule has 35 heavy (non-hydrogen) atoms. The number of esters is 1. The summed E-state index contributed by atoms with van der Waals surface area (Å²) >= 11 is 0. The van der Waals surface area contributed by atoms with Crippen LogP contribution < -0.4 is 4.74 Å². The molecule has 5 heteroatoms. The predicted octanol–water partition coefficient (Wildman–Crippen LogP) is 6.69. The van der Waals surface area contributed by atoms with E-state index in [1.807, 2.05) is 60.7 Å². The van der Waals surface area contributed by atoms with Gasteiger partial charge in [-0.15, -0.1) is 0 Å². The zero-order valence-corrected chi connectivity index (χ0v) is 20.5. The second-order valence-electron chi connectivity index (χ2n) is 8.32. The van der Waals surface area contributed by atoms with Gasteiger partial charge in [-0.25, -0.2) is 4.79 Å². The van der Waals surface area contributed by atoms with Gasteiger partial charge in [0.25, 0.3) is 0 Å². The Balaban J connectivity index is 1.52. The van der Waals surface area contributed by atoms with Crippen LogP contribution in [-0.4, -0.2) is 28.2 Å². The van der Waals surface area contributed by atoms with Gasteiger partial charge in [0, 0.05) is 22.3 Å². The first-order chi connectivity index (χ1) is 17.1. The summed E-state index contributed by atoms with van der Waals surface area (Å²) in [5.74, 6) is 0.252. The fraction of sp³-hybridized carbons (Fsp3) is 0.133. The van der Waals surface area contributed by atoms with Crippen LogP contribution in [0.15, 0.2) is 96.6 Å². The van der Waals surface area contributed by atoms with E-state index in [1.165, 1.54) is 10.8 Å². The lowest BCUT2D eigenvalue weighted by Crippen LogP contribution is -2.15. The highest BCUT2D eigenvalue weighted by molar-refractivity contribution is 8.11. The molecule has 4 aromatic rings. The molecule has 0 aromatic heterocycles. The third-order valence-electron chi connectivity index (χ3n) is 6.04. The van der Waals surface area contributed by atoms with Crippen LogP contribution in [0.2, 0.25) is 0 Å². The summed E-state index contributed by atoms with van der Waals surface area (Å²) in [5, 5.41) is 2.36. The largest absolute Gasteiger partial charge is 0.489 e. The molecule has 176 valence electrons. The number of fused-ring (bicyclic) bond motifs is 2. The molecule has 5 rings (SSSR count). The molecule has 0 spiro atoms. The number of carbonyl (C=O) groups is 1. The van der Waals surface area contributed by atoms with Crippen molar-refractivity contribution in [2.45, 2.75) is 13.5 Å². The molecule has 0 aliphatic heterocycles. The summed E-state index contributed by atoms with van der Waals surface area (Å²) in [6, 6.07) is 30.1. The Morgan fingerprint density at radius 3 is 2.34 bits per heavy atom. The fourth-order valence-electron chi connectivity index (χ4n) is 4.51. The molecular weight excluding hydrogens is 456 g/mol. The van der Waals surface area contributed by atoms with Crippen molar-refractivity contribution >= 4 is 37.9 Å². The van der Waals surface area contributed by atoms with E-state index >= 15 is 0 Å². The Labute approximate surface area is 207 Å². The van der Waals surface area contributed by atoms with Gasteiger partial charge < -0.3 is 14.0 Å². The van der Waals surface area contributed by atoms with Crippen LogP contribution in [-0.2, 0) is 16.1 Å². The van der Waals surface area contributed by atoms with E-state index in [0.29, 0.717) is 22.8 Å². The summed E-state index contributed by atoms with van der Waals surface area (Å²) in [6.45, 7) is 2.46. The SMILES string of the molecule is CCOC(=O)C1=C(c2ccccc2)c2ccc(OCc3ccc4ccccc4c3)cc2/C1=S(/C)O. The highest BCUT2D eigenvalue weighted by Gasteiger charge is 2.34. The molecule has 1 atom stereocenters. The van der Waals surface area contributed by atoms with E-state index in [0.717, 1.165) is 27.8 Å². The zero-order valence-electron chi connectivity index (χ0n) is 19.7. The van der Waals surface area contributed by atoms with Crippen LogP contribution in [0.1, 0.15) is 29.2 Å². The summed E-state index contributed by atoms with van der Waals surface area (Å²) in [5.41, 5.74) is 4.87. The molecule has 0 fully saturated rings. The van der Waals surface area contributed by atoms with Gasteiger partial charge in [0.1, 0.15) is 12.4 Å². The highest BCUT2D eigenvalue weighted by Crippen LogP contribution is 2.42. The summed E-state index contributed by atoms with van der Waals surface area (Å²) < 4.78 is 22.3. The average molecular weight is 483 g/mol. The van der Waals surface area contributed by atoms with Gasteiger partial charge in [-0.2, -0.15) is 0 Å². The number of hydrogen-bond acceptors (Lipinski definition) is 4. The van der Waals surface area contributed by atoms with Gasteiger partial charge in [-0.1, -0.05) is 83.6 Å². The lowest BCUT2D eigenvalue weighted by Gasteiger charge is -2.11. The van der Waals surface area contributed by atoms with Gasteiger partial charge in [-0.3, -0.25) is 0 Å². The quantitative estimate of drug-likeness (QED) is 0.246. The number of hydrogen-bond donors (Lipinski definition) is 1. The predicted molar refractivity (Wildman–Crippen MR) is 144 cm³/mol. The molecule has 1 aliphatic rings. The van der Waals surface area contributed by atoms with E-state index in [1.54, 1.807) is 13.2 Å². The van der Waals surface area contributed by atoms with E-state index in [9.17, 15) is 9.35 Å². The minimum absolute atomic E-state index is 0.261. The van der Waals surface area contributed by atoms with Crippen molar-refractivity contribution < 1.29 is 18.8 Å². The third-order valence-corrected chi connectivity index (χ3v) is 7.05. The van der Waals surface area contributed by atoms with Crippen LogP contribution in [0.4, 0.5) is 0 Å². The van der Waals surface area contributed by atoms with Crippen molar-refractivity contribution in [2.75, 3.05) is 12.9 Å². The molecule has 0 radical (unpaired) electrons. The monoisotopic (exact) mass is 482 g/mol. The zero-order chi connectivity index (χ0) is 24.4. The Bertz CT molecular complexity index is 1480. The Kier molecular flexibility index (Phi) is 6.53. The van der Waals surface area contributed by atoms with E-state index in [-0.39, 0.29) is 6.61 Å². The standard InChI is InChI=1S/C30H26O4S/c1-3-33-30(31)28-27(22-10-5-4-6-11-22)25-16-15-24(18-26(25)29(28)35(2)32)34-19-20-13-14-21-9-7-8-12-23(21)17-20/h4-18,32H,3,19H2,1-2H3. The van der Waals surface area contributed by atoms with E-state index in [2.05, 4.69) is 30.3 Å². The molecule has 0 amide bonds. The molecule has 4 nitrogen and oxygen atoms in total. The Morgan fingerprint density at radius 1 is 0.857 bits per heavy atom. The highest BCUT2D eigenvalue weighted by atomic mass is 32.2. The van der Waals surface area contributed by atoms with Crippen molar-refractivity contribution in [3.63, 3.8) is 0 Å². The maximum absolute atomic E-state index is 13.1. The van der Waals surface area contributed by atoms with Gasteiger partial charge in [0.05, 0.1) is 12.2 Å². The molecule has 1 unspecified atom stereocenters. The molecular formula is C30H26O4S. The van der Waals surface area contributed by atoms with Crippen LogP contribution >= 0.6 is 10.8 Å². The minimum atomic E-state index is -1.16. The second kappa shape index (κ2) is 9.90. The molecule has 1 N–H and O–H groups in total. The van der Waals surface area contributed by atoms with E-state index < -0.39 is 16.7 Å². The number of ether oxygens (including phenoxy) is 2. The van der Waals surface area contributed by atoms with Crippen LogP contribution in [0, 0.1) is 0 Å². The van der Waals surface area contributed by atoms with Crippen molar-refractivity contribution in [3.8, 4) is 5.75 Å². The van der Waals surface area contributed by atoms with Gasteiger partial charge in [0.15, 0.2) is 0 Å². The fourth-order valence-corrected chi connectivity index (χ4v) is 5.47. The van der Waals surface area contributed by atoms with Crippen LogP contribution in [0.3, 0.4) is 0 Å². The molecule has 0 heterocycles. The molecule has 0 saturated carbocycles. The summed E-state index contributed by atoms with van der Waals surface area (Å²) in [4.78, 5) is 13.7. The number of benzene rings is 4. The summed E-state index contributed by atoms with van der Waals surface area (Å²) in [7, 11) is -1.16. The van der Waals surface area contributed by atoms with Gasteiger partial charge in [-0.05, 0) is 52.6 Å². The molecule has 1 aliphatic carbocycles. The van der Waals surface area contributed by atoms with E-state index in [4.69, 9.17) is 9.47 Å². The Hall–Kier alpha value is -3.67. The first-order valence-corrected chi connectivity index (χ1v) is 13.1. The molecule has 4 aromatic carbocycles. The maximum atomic E-state index is 13.1. The first-order valence-electron chi connectivity index (χ1n) is 11.5. The topological polar surface area (TPSA) is 55.8 Å². The van der Waals surface area contributed by atoms with Gasteiger partial charge in [0.2, 0.25) is 0 Å². The minimum Gasteiger partial charge on any atom is -0.489 e. The number of rotatable bonds is 6. The van der Waals surface area contributed by atoms with Crippen LogP contribution in [0.25, 0.3) is 16.3 Å². The maximum Gasteiger partial charge on any atom is 0.339 e. The lowest BCUT2D eigenvalue weighted by molar-refractivity contribution is -0.137. The third kappa shape index (κ3) is 4.53. The molecule has 0 bridgehead atoms. The molecule has 0 saturated heterocycles. The van der Waals surface area contributed by atoms with Crippen molar-refractivity contribution in [2.24, 2.45) is 0 Å². The lowest BCUT2D eigenvalue weighted by atomic mass is 9.97. The second-order valence-corrected chi connectivity index (χ2v) is 9.69. The smallest absolute Gasteiger partial charge is 0.339 e. The first kappa shape index (κ1) is 23.1. The summed E-state index contributed by atoms with van der Waals surface area (Å²) in [6.07, 6.45) is 1.70.